The fraction of sp³-hybridized carbons (Fsp3) is 0.909. The zero-order valence-electron chi connectivity index (χ0n) is 10.1. The summed E-state index contributed by atoms with van der Waals surface area (Å²) >= 11 is 0. The van der Waals surface area contributed by atoms with Gasteiger partial charge in [-0.05, 0) is 20.3 Å². The summed E-state index contributed by atoms with van der Waals surface area (Å²) in [6.45, 7) is 5.60. The lowest BCUT2D eigenvalue weighted by Gasteiger charge is -2.44. The van der Waals surface area contributed by atoms with Crippen molar-refractivity contribution in [2.75, 3.05) is 32.8 Å². The van der Waals surface area contributed by atoms with Gasteiger partial charge in [0.05, 0.1) is 19.3 Å². The lowest BCUT2D eigenvalue weighted by molar-refractivity contribution is -0.144. The van der Waals surface area contributed by atoms with Gasteiger partial charge in [0, 0.05) is 25.7 Å². The summed E-state index contributed by atoms with van der Waals surface area (Å²) in [6, 6.07) is 0.311. The Bertz CT molecular complexity index is 223. The average molecular weight is 230 g/mol. The van der Waals surface area contributed by atoms with Crippen LogP contribution in [0, 0.1) is 0 Å². The van der Waals surface area contributed by atoms with E-state index in [1.807, 2.05) is 0 Å². The van der Waals surface area contributed by atoms with Gasteiger partial charge in [0.15, 0.2) is 0 Å². The molecule has 5 nitrogen and oxygen atoms in total. The van der Waals surface area contributed by atoms with Crippen molar-refractivity contribution in [3.63, 3.8) is 0 Å². The predicted octanol–water partition coefficient (Wildman–Crippen LogP) is -0.718. The van der Waals surface area contributed by atoms with Crippen LogP contribution >= 0.6 is 0 Å². The molecular weight excluding hydrogens is 208 g/mol. The first-order valence-electron chi connectivity index (χ1n) is 5.88. The molecule has 1 aliphatic heterocycles. The van der Waals surface area contributed by atoms with Crippen molar-refractivity contribution in [3.05, 3.63) is 0 Å². The summed E-state index contributed by atoms with van der Waals surface area (Å²) in [7, 11) is 0. The summed E-state index contributed by atoms with van der Waals surface area (Å²) in [5.74, 6) is 0.0306. The summed E-state index contributed by atoms with van der Waals surface area (Å²) in [4.78, 5) is 15.8. The van der Waals surface area contributed by atoms with E-state index in [-0.39, 0.29) is 25.2 Å². The average Bonchev–Trinajstić information content (AvgIpc) is 2.14. The Kier molecular flexibility index (Phi) is 5.18. The monoisotopic (exact) mass is 230 g/mol. The number of amides is 1. The van der Waals surface area contributed by atoms with Crippen molar-refractivity contribution in [2.24, 2.45) is 0 Å². The van der Waals surface area contributed by atoms with Crippen LogP contribution in [0.5, 0.6) is 0 Å². The SMILES string of the molecule is CC(C)N1CC[C@H]1C(=O)N(CCO)CCO. The quantitative estimate of drug-likeness (QED) is 0.632. The second-order valence-corrected chi connectivity index (χ2v) is 4.41. The van der Waals surface area contributed by atoms with Crippen LogP contribution in [0.2, 0.25) is 0 Å². The second kappa shape index (κ2) is 6.18. The normalized spacial score (nSPS) is 20.9. The fourth-order valence-electron chi connectivity index (χ4n) is 2.08. The van der Waals surface area contributed by atoms with Crippen molar-refractivity contribution >= 4 is 5.91 Å². The molecule has 1 rings (SSSR count). The number of hydrogen-bond donors (Lipinski definition) is 2. The smallest absolute Gasteiger partial charge is 0.240 e. The molecule has 0 saturated carbocycles. The van der Waals surface area contributed by atoms with Gasteiger partial charge < -0.3 is 15.1 Å². The molecule has 1 fully saturated rings. The van der Waals surface area contributed by atoms with E-state index < -0.39 is 0 Å². The third kappa shape index (κ3) is 2.93. The summed E-state index contributed by atoms with van der Waals surface area (Å²) in [5, 5.41) is 17.7. The minimum absolute atomic E-state index is 0.0306. The number of carbonyl (C=O) groups is 1. The molecule has 0 aliphatic carbocycles. The molecule has 0 radical (unpaired) electrons. The Labute approximate surface area is 96.7 Å². The maximum absolute atomic E-state index is 12.1. The molecule has 1 atom stereocenters. The summed E-state index contributed by atoms with van der Waals surface area (Å²) < 4.78 is 0. The van der Waals surface area contributed by atoms with Gasteiger partial charge in [-0.15, -0.1) is 0 Å². The van der Waals surface area contributed by atoms with E-state index in [0.717, 1.165) is 13.0 Å². The lowest BCUT2D eigenvalue weighted by Crippen LogP contribution is -2.59. The van der Waals surface area contributed by atoms with Crippen molar-refractivity contribution in [1.29, 1.82) is 0 Å². The first-order chi connectivity index (χ1) is 7.61. The Morgan fingerprint density at radius 3 is 2.25 bits per heavy atom. The summed E-state index contributed by atoms with van der Waals surface area (Å²) in [6.07, 6.45) is 0.879. The highest BCUT2D eigenvalue weighted by atomic mass is 16.3. The van der Waals surface area contributed by atoms with Gasteiger partial charge in [0.1, 0.15) is 0 Å². The molecule has 94 valence electrons. The van der Waals surface area contributed by atoms with Gasteiger partial charge in [-0.3, -0.25) is 9.69 Å². The van der Waals surface area contributed by atoms with Crippen molar-refractivity contribution in [1.82, 2.24) is 9.80 Å². The lowest BCUT2D eigenvalue weighted by atomic mass is 9.99. The Balaban J connectivity index is 2.53. The molecule has 0 aromatic carbocycles. The molecule has 5 heteroatoms. The molecular formula is C11H22N2O3. The highest BCUT2D eigenvalue weighted by molar-refractivity contribution is 5.82. The molecule has 1 amide bonds. The maximum Gasteiger partial charge on any atom is 0.240 e. The van der Waals surface area contributed by atoms with Gasteiger partial charge in [0.25, 0.3) is 0 Å². The van der Waals surface area contributed by atoms with Crippen LogP contribution in [-0.4, -0.2) is 70.9 Å². The van der Waals surface area contributed by atoms with Crippen LogP contribution in [0.25, 0.3) is 0 Å². The molecule has 1 aliphatic rings. The summed E-state index contributed by atoms with van der Waals surface area (Å²) in [5.41, 5.74) is 0. The molecule has 2 N–H and O–H groups in total. The van der Waals surface area contributed by atoms with E-state index in [1.54, 1.807) is 4.90 Å². The standard InChI is InChI=1S/C11H22N2O3/c1-9(2)13-4-3-10(13)11(16)12(5-7-14)6-8-15/h9-10,14-15H,3-8H2,1-2H3/t10-/m0/s1. The number of likely N-dealkylation sites (tertiary alicyclic amines) is 1. The molecule has 0 spiro atoms. The minimum atomic E-state index is -0.0573. The molecule has 1 saturated heterocycles. The van der Waals surface area contributed by atoms with Gasteiger partial charge in [-0.2, -0.15) is 0 Å². The zero-order chi connectivity index (χ0) is 12.1. The van der Waals surface area contributed by atoms with Crippen LogP contribution in [0.3, 0.4) is 0 Å². The third-order valence-corrected chi connectivity index (χ3v) is 3.06. The maximum atomic E-state index is 12.1. The van der Waals surface area contributed by atoms with E-state index in [9.17, 15) is 4.79 Å². The highest BCUT2D eigenvalue weighted by Crippen LogP contribution is 2.22. The number of aliphatic hydroxyl groups is 2. The highest BCUT2D eigenvalue weighted by Gasteiger charge is 2.37. The van der Waals surface area contributed by atoms with Crippen LogP contribution in [-0.2, 0) is 4.79 Å². The number of carbonyl (C=O) groups excluding carboxylic acids is 1. The topological polar surface area (TPSA) is 64.0 Å². The number of aliphatic hydroxyl groups excluding tert-OH is 2. The van der Waals surface area contributed by atoms with Crippen LogP contribution in [0.15, 0.2) is 0 Å². The first-order valence-corrected chi connectivity index (χ1v) is 5.88. The van der Waals surface area contributed by atoms with Gasteiger partial charge in [-0.25, -0.2) is 0 Å². The van der Waals surface area contributed by atoms with Gasteiger partial charge >= 0.3 is 0 Å². The molecule has 1 heterocycles. The van der Waals surface area contributed by atoms with Crippen molar-refractivity contribution < 1.29 is 15.0 Å². The number of rotatable bonds is 6. The molecule has 16 heavy (non-hydrogen) atoms. The largest absolute Gasteiger partial charge is 0.395 e. The van der Waals surface area contributed by atoms with Gasteiger partial charge in [0.2, 0.25) is 5.91 Å². The third-order valence-electron chi connectivity index (χ3n) is 3.06. The predicted molar refractivity (Wildman–Crippen MR) is 61.0 cm³/mol. The van der Waals surface area contributed by atoms with E-state index in [1.165, 1.54) is 0 Å². The molecule has 0 aromatic rings. The Morgan fingerprint density at radius 2 is 1.94 bits per heavy atom. The molecule has 0 unspecified atom stereocenters. The first kappa shape index (κ1) is 13.4. The number of hydrogen-bond acceptors (Lipinski definition) is 4. The van der Waals surface area contributed by atoms with E-state index in [2.05, 4.69) is 18.7 Å². The minimum Gasteiger partial charge on any atom is -0.395 e. The molecule has 0 aromatic heterocycles. The zero-order valence-corrected chi connectivity index (χ0v) is 10.1. The van der Waals surface area contributed by atoms with Crippen LogP contribution in [0.4, 0.5) is 0 Å². The van der Waals surface area contributed by atoms with E-state index in [4.69, 9.17) is 10.2 Å². The van der Waals surface area contributed by atoms with Crippen molar-refractivity contribution in [2.45, 2.75) is 32.4 Å². The second-order valence-electron chi connectivity index (χ2n) is 4.41. The van der Waals surface area contributed by atoms with Gasteiger partial charge in [-0.1, -0.05) is 0 Å². The van der Waals surface area contributed by atoms with Crippen LogP contribution in [0.1, 0.15) is 20.3 Å². The number of nitrogens with zero attached hydrogens (tertiary/aromatic N) is 2. The Morgan fingerprint density at radius 1 is 1.38 bits per heavy atom. The van der Waals surface area contributed by atoms with E-state index >= 15 is 0 Å². The van der Waals surface area contributed by atoms with Crippen molar-refractivity contribution in [3.8, 4) is 0 Å². The molecule has 0 bridgehead atoms. The fourth-order valence-corrected chi connectivity index (χ4v) is 2.08. The van der Waals surface area contributed by atoms with Crippen LogP contribution < -0.4 is 0 Å². The Hall–Kier alpha value is -0.650. The van der Waals surface area contributed by atoms with E-state index in [0.29, 0.717) is 19.1 Å².